The minimum Gasteiger partial charge on any atom is -0.344 e. The number of para-hydroxylation sites is 1. The van der Waals surface area contributed by atoms with Crippen molar-refractivity contribution in [1.29, 1.82) is 0 Å². The van der Waals surface area contributed by atoms with Crippen LogP contribution in [0.2, 0.25) is 0 Å². The molecule has 0 fully saturated rings. The Hall–Kier alpha value is -1.84. The average Bonchev–Trinajstić information content (AvgIpc) is 2.43. The number of carbonyl (C=O) groups excluding carboxylic acids is 2. The maximum absolute atomic E-state index is 12.4. The van der Waals surface area contributed by atoms with Gasteiger partial charge < -0.3 is 10.6 Å². The highest BCUT2D eigenvalue weighted by Crippen LogP contribution is 2.11. The molecular weight excluding hydrogens is 276 g/mol. The predicted molar refractivity (Wildman–Crippen MR) is 90.5 cm³/mol. The summed E-state index contributed by atoms with van der Waals surface area (Å²) in [6.07, 6.45) is 1.99. The van der Waals surface area contributed by atoms with E-state index in [4.69, 9.17) is 0 Å². The van der Waals surface area contributed by atoms with Gasteiger partial charge in [-0.25, -0.2) is 0 Å². The molecule has 2 amide bonds. The van der Waals surface area contributed by atoms with E-state index < -0.39 is 6.04 Å². The van der Waals surface area contributed by atoms with Crippen molar-refractivity contribution in [2.75, 3.05) is 5.32 Å². The van der Waals surface area contributed by atoms with Crippen molar-refractivity contribution >= 4 is 17.5 Å². The van der Waals surface area contributed by atoms with Crippen LogP contribution in [-0.4, -0.2) is 17.9 Å². The Balaban J connectivity index is 2.67. The van der Waals surface area contributed by atoms with Crippen molar-refractivity contribution in [1.82, 2.24) is 5.32 Å². The highest BCUT2D eigenvalue weighted by atomic mass is 16.2. The molecule has 1 rings (SSSR count). The van der Waals surface area contributed by atoms with Gasteiger partial charge in [0.05, 0.1) is 0 Å². The minimum atomic E-state index is -0.478. The summed E-state index contributed by atoms with van der Waals surface area (Å²) in [6.45, 7) is 8.21. The normalized spacial score (nSPS) is 12.3. The van der Waals surface area contributed by atoms with Crippen molar-refractivity contribution in [2.24, 2.45) is 11.8 Å². The van der Waals surface area contributed by atoms with E-state index >= 15 is 0 Å². The van der Waals surface area contributed by atoms with Crippen LogP contribution in [0.3, 0.4) is 0 Å². The highest BCUT2D eigenvalue weighted by Gasteiger charge is 2.21. The first-order valence-electron chi connectivity index (χ1n) is 8.03. The summed E-state index contributed by atoms with van der Waals surface area (Å²) in [4.78, 5) is 24.4. The molecule has 2 N–H and O–H groups in total. The third kappa shape index (κ3) is 7.25. The van der Waals surface area contributed by atoms with E-state index in [1.54, 1.807) is 0 Å². The van der Waals surface area contributed by atoms with E-state index in [-0.39, 0.29) is 17.7 Å². The van der Waals surface area contributed by atoms with Crippen LogP contribution in [0.25, 0.3) is 0 Å². The minimum absolute atomic E-state index is 0.0630. The van der Waals surface area contributed by atoms with E-state index in [1.807, 2.05) is 44.2 Å². The first kappa shape index (κ1) is 18.2. The van der Waals surface area contributed by atoms with Crippen LogP contribution >= 0.6 is 0 Å². The molecule has 1 atom stereocenters. The zero-order chi connectivity index (χ0) is 16.5. The second-order valence-corrected chi connectivity index (χ2v) is 6.54. The first-order chi connectivity index (χ1) is 10.4. The molecule has 4 nitrogen and oxygen atoms in total. The second kappa shape index (κ2) is 9.23. The lowest BCUT2D eigenvalue weighted by Gasteiger charge is -2.20. The molecule has 0 bridgehead atoms. The largest absolute Gasteiger partial charge is 0.344 e. The molecule has 0 aliphatic heterocycles. The molecule has 1 aromatic carbocycles. The smallest absolute Gasteiger partial charge is 0.246 e. The van der Waals surface area contributed by atoms with Gasteiger partial charge in [-0.3, -0.25) is 9.59 Å². The monoisotopic (exact) mass is 304 g/mol. The fraction of sp³-hybridized carbons (Fsp3) is 0.556. The Kier molecular flexibility index (Phi) is 7.64. The van der Waals surface area contributed by atoms with E-state index in [1.165, 1.54) is 0 Å². The summed E-state index contributed by atoms with van der Waals surface area (Å²) in [5, 5.41) is 5.74. The average molecular weight is 304 g/mol. The Labute approximate surface area is 133 Å². The van der Waals surface area contributed by atoms with Crippen molar-refractivity contribution in [3.05, 3.63) is 30.3 Å². The summed E-state index contributed by atoms with van der Waals surface area (Å²) < 4.78 is 0. The van der Waals surface area contributed by atoms with Crippen LogP contribution in [-0.2, 0) is 9.59 Å². The van der Waals surface area contributed by atoms with Gasteiger partial charge >= 0.3 is 0 Å². The van der Waals surface area contributed by atoms with E-state index in [9.17, 15) is 9.59 Å². The topological polar surface area (TPSA) is 58.2 Å². The van der Waals surface area contributed by atoms with Crippen molar-refractivity contribution in [3.63, 3.8) is 0 Å². The zero-order valence-electron chi connectivity index (χ0n) is 14.1. The molecular formula is C18H28N2O2. The SMILES string of the molecule is CC(C)CC[C@H](NC(=O)CC(C)C)C(=O)Nc1ccccc1. The Morgan fingerprint density at radius 1 is 0.955 bits per heavy atom. The Morgan fingerprint density at radius 2 is 1.59 bits per heavy atom. The molecule has 0 aliphatic rings. The van der Waals surface area contributed by atoms with Gasteiger partial charge in [-0.15, -0.1) is 0 Å². The van der Waals surface area contributed by atoms with E-state index in [2.05, 4.69) is 24.5 Å². The van der Waals surface area contributed by atoms with Crippen LogP contribution in [0.15, 0.2) is 30.3 Å². The maximum atomic E-state index is 12.4. The third-order valence-electron chi connectivity index (χ3n) is 3.32. The highest BCUT2D eigenvalue weighted by molar-refractivity contribution is 5.97. The lowest BCUT2D eigenvalue weighted by Crippen LogP contribution is -2.44. The summed E-state index contributed by atoms with van der Waals surface area (Å²) in [6, 6.07) is 8.84. The van der Waals surface area contributed by atoms with Crippen molar-refractivity contribution in [3.8, 4) is 0 Å². The quantitative estimate of drug-likeness (QED) is 0.771. The Bertz CT molecular complexity index is 469. The molecule has 4 heteroatoms. The molecule has 1 aromatic rings. The number of nitrogens with one attached hydrogen (secondary N) is 2. The van der Waals surface area contributed by atoms with Gasteiger partial charge in [-0.2, -0.15) is 0 Å². The second-order valence-electron chi connectivity index (χ2n) is 6.54. The molecule has 122 valence electrons. The summed E-state index contributed by atoms with van der Waals surface area (Å²) in [5.74, 6) is 0.563. The summed E-state index contributed by atoms with van der Waals surface area (Å²) >= 11 is 0. The molecule has 0 heterocycles. The van der Waals surface area contributed by atoms with Gasteiger partial charge in [-0.1, -0.05) is 45.9 Å². The maximum Gasteiger partial charge on any atom is 0.246 e. The molecule has 0 spiro atoms. The molecule has 0 saturated carbocycles. The van der Waals surface area contributed by atoms with Gasteiger partial charge in [0.15, 0.2) is 0 Å². The zero-order valence-corrected chi connectivity index (χ0v) is 14.1. The lowest BCUT2D eigenvalue weighted by atomic mass is 10.0. The first-order valence-corrected chi connectivity index (χ1v) is 8.03. The molecule has 0 aromatic heterocycles. The van der Waals surface area contributed by atoms with Gasteiger partial charge in [0.25, 0.3) is 0 Å². The molecule has 0 radical (unpaired) electrons. The van der Waals surface area contributed by atoms with Crippen molar-refractivity contribution < 1.29 is 9.59 Å². The summed E-state index contributed by atoms with van der Waals surface area (Å²) in [5.41, 5.74) is 0.750. The van der Waals surface area contributed by atoms with Crippen LogP contribution in [0.4, 0.5) is 5.69 Å². The van der Waals surface area contributed by atoms with Crippen LogP contribution < -0.4 is 10.6 Å². The Morgan fingerprint density at radius 3 is 2.14 bits per heavy atom. The van der Waals surface area contributed by atoms with E-state index in [0.29, 0.717) is 18.8 Å². The molecule has 0 unspecified atom stereocenters. The number of hydrogen-bond donors (Lipinski definition) is 2. The van der Waals surface area contributed by atoms with E-state index in [0.717, 1.165) is 12.1 Å². The fourth-order valence-electron chi connectivity index (χ4n) is 2.14. The van der Waals surface area contributed by atoms with Gasteiger partial charge in [-0.05, 0) is 36.8 Å². The molecule has 0 saturated heterocycles. The van der Waals surface area contributed by atoms with Gasteiger partial charge in [0.2, 0.25) is 11.8 Å². The molecule has 22 heavy (non-hydrogen) atoms. The predicted octanol–water partition coefficient (Wildman–Crippen LogP) is 3.59. The summed E-state index contributed by atoms with van der Waals surface area (Å²) in [7, 11) is 0. The number of amides is 2. The van der Waals surface area contributed by atoms with Crippen LogP contribution in [0, 0.1) is 11.8 Å². The standard InChI is InChI=1S/C18H28N2O2/c1-13(2)10-11-16(20-17(21)12-14(3)4)18(22)19-15-8-6-5-7-9-15/h5-9,13-14,16H,10-12H2,1-4H3,(H,19,22)(H,20,21)/t16-/m0/s1. The number of benzene rings is 1. The van der Waals surface area contributed by atoms with Crippen LogP contribution in [0.1, 0.15) is 47.0 Å². The van der Waals surface area contributed by atoms with Gasteiger partial charge in [0, 0.05) is 12.1 Å². The van der Waals surface area contributed by atoms with Crippen molar-refractivity contribution in [2.45, 2.75) is 53.0 Å². The number of hydrogen-bond acceptors (Lipinski definition) is 2. The molecule has 0 aliphatic carbocycles. The van der Waals surface area contributed by atoms with Gasteiger partial charge in [0.1, 0.15) is 6.04 Å². The fourth-order valence-corrected chi connectivity index (χ4v) is 2.14. The number of carbonyl (C=O) groups is 2. The third-order valence-corrected chi connectivity index (χ3v) is 3.32. The van der Waals surface area contributed by atoms with Crippen LogP contribution in [0.5, 0.6) is 0 Å². The lowest BCUT2D eigenvalue weighted by molar-refractivity contribution is -0.127. The number of anilines is 1. The number of rotatable bonds is 8.